The number of rotatable bonds is 7. The van der Waals surface area contributed by atoms with E-state index in [0.29, 0.717) is 0 Å². The molecule has 1 atom stereocenters. The third kappa shape index (κ3) is 4.09. The van der Waals surface area contributed by atoms with Crippen molar-refractivity contribution in [2.24, 2.45) is 0 Å². The third-order valence-corrected chi connectivity index (χ3v) is 6.73. The van der Waals surface area contributed by atoms with Crippen molar-refractivity contribution >= 4 is 23.4 Å². The van der Waals surface area contributed by atoms with Crippen molar-refractivity contribution in [2.45, 2.75) is 31.7 Å². The molecule has 1 aliphatic carbocycles. The molecule has 30 heavy (non-hydrogen) atoms. The number of carbonyl (C=O) groups excluding carboxylic acids is 1. The Morgan fingerprint density at radius 1 is 1.03 bits per heavy atom. The van der Waals surface area contributed by atoms with Crippen molar-refractivity contribution in [3.8, 4) is 11.1 Å². The van der Waals surface area contributed by atoms with Crippen molar-refractivity contribution in [3.05, 3.63) is 81.5 Å². The van der Waals surface area contributed by atoms with E-state index < -0.39 is 18.1 Å². The lowest BCUT2D eigenvalue weighted by Gasteiger charge is -2.18. The smallest absolute Gasteiger partial charge is 0.407 e. The molecule has 2 N–H and O–H groups in total. The first-order valence-electron chi connectivity index (χ1n) is 9.98. The first-order chi connectivity index (χ1) is 14.6. The van der Waals surface area contributed by atoms with E-state index in [0.717, 1.165) is 38.4 Å². The summed E-state index contributed by atoms with van der Waals surface area (Å²) in [6, 6.07) is 19.5. The maximum absolute atomic E-state index is 12.5. The summed E-state index contributed by atoms with van der Waals surface area (Å²) in [7, 11) is 0. The van der Waals surface area contributed by atoms with E-state index in [4.69, 9.17) is 4.74 Å². The van der Waals surface area contributed by atoms with Crippen molar-refractivity contribution in [3.63, 3.8) is 0 Å². The Kier molecular flexibility index (Phi) is 5.86. The second-order valence-corrected chi connectivity index (χ2v) is 8.48. The lowest BCUT2D eigenvalue weighted by atomic mass is 9.98. The highest BCUT2D eigenvalue weighted by Gasteiger charge is 2.29. The van der Waals surface area contributed by atoms with Crippen LogP contribution in [0.4, 0.5) is 4.79 Å². The number of thiophene rings is 1. The molecule has 6 heteroatoms. The first kappa shape index (κ1) is 20.2. The Morgan fingerprint density at radius 2 is 1.67 bits per heavy atom. The van der Waals surface area contributed by atoms with Gasteiger partial charge in [-0.25, -0.2) is 4.79 Å². The number of alkyl carbamates (subject to hydrolysis) is 1. The Hall–Kier alpha value is -3.12. The molecule has 0 spiro atoms. The normalized spacial score (nSPS) is 13.4. The Balaban J connectivity index is 1.47. The molecule has 0 saturated heterocycles. The van der Waals surface area contributed by atoms with Gasteiger partial charge < -0.3 is 15.2 Å². The summed E-state index contributed by atoms with van der Waals surface area (Å²) in [4.78, 5) is 25.8. The molecule has 0 fully saturated rings. The van der Waals surface area contributed by atoms with E-state index in [1.165, 1.54) is 11.3 Å². The van der Waals surface area contributed by atoms with Crippen LogP contribution in [-0.2, 0) is 16.0 Å². The molecule has 0 aliphatic heterocycles. The van der Waals surface area contributed by atoms with Gasteiger partial charge in [0.2, 0.25) is 0 Å². The highest BCUT2D eigenvalue weighted by atomic mass is 32.1. The predicted octanol–water partition coefficient (Wildman–Crippen LogP) is 5.37. The van der Waals surface area contributed by atoms with Crippen molar-refractivity contribution in [2.75, 3.05) is 6.61 Å². The van der Waals surface area contributed by atoms with Crippen LogP contribution in [0, 0.1) is 0 Å². The minimum Gasteiger partial charge on any atom is -0.481 e. The van der Waals surface area contributed by atoms with Crippen LogP contribution < -0.4 is 5.32 Å². The average Bonchev–Trinajstić information content (AvgIpc) is 3.35. The van der Waals surface area contributed by atoms with Crippen LogP contribution in [-0.4, -0.2) is 23.8 Å². The fraction of sp³-hybridized carbons (Fsp3) is 0.250. The highest BCUT2D eigenvalue weighted by Crippen LogP contribution is 2.44. The first-order valence-corrected chi connectivity index (χ1v) is 10.8. The average molecular weight is 422 g/mol. The summed E-state index contributed by atoms with van der Waals surface area (Å²) in [5.41, 5.74) is 4.60. The summed E-state index contributed by atoms with van der Waals surface area (Å²) in [6.45, 7) is 2.24. The zero-order chi connectivity index (χ0) is 21.1. The molecule has 1 aromatic heterocycles. The summed E-state index contributed by atoms with van der Waals surface area (Å²) in [5, 5.41) is 12.0. The van der Waals surface area contributed by atoms with E-state index in [2.05, 4.69) is 29.6 Å². The largest absolute Gasteiger partial charge is 0.481 e. The number of hydrogen-bond acceptors (Lipinski definition) is 4. The molecule has 1 heterocycles. The lowest BCUT2D eigenvalue weighted by molar-refractivity contribution is -0.137. The van der Waals surface area contributed by atoms with Crippen LogP contribution in [0.5, 0.6) is 0 Å². The number of fused-ring (bicyclic) bond motifs is 3. The van der Waals surface area contributed by atoms with Gasteiger partial charge >= 0.3 is 12.1 Å². The number of nitrogens with one attached hydrogen (secondary N) is 1. The number of carbonyl (C=O) groups is 2. The number of benzene rings is 2. The van der Waals surface area contributed by atoms with Crippen LogP contribution in [0.1, 0.15) is 46.2 Å². The second kappa shape index (κ2) is 8.71. The number of carboxylic acid groups (broad SMARTS) is 1. The second-order valence-electron chi connectivity index (χ2n) is 7.28. The number of amides is 1. The van der Waals surface area contributed by atoms with Gasteiger partial charge in [0.15, 0.2) is 0 Å². The van der Waals surface area contributed by atoms with Gasteiger partial charge in [0.25, 0.3) is 0 Å². The van der Waals surface area contributed by atoms with Gasteiger partial charge in [-0.15, -0.1) is 11.3 Å². The van der Waals surface area contributed by atoms with Crippen LogP contribution in [0.2, 0.25) is 0 Å². The third-order valence-electron chi connectivity index (χ3n) is 5.39. The van der Waals surface area contributed by atoms with Gasteiger partial charge in [0.05, 0.1) is 12.5 Å². The molecule has 0 saturated carbocycles. The van der Waals surface area contributed by atoms with E-state index in [-0.39, 0.29) is 18.9 Å². The molecular weight excluding hydrogens is 398 g/mol. The maximum atomic E-state index is 12.5. The highest BCUT2D eigenvalue weighted by molar-refractivity contribution is 7.12. The van der Waals surface area contributed by atoms with Gasteiger partial charge in [-0.3, -0.25) is 4.79 Å². The molecule has 2 aromatic carbocycles. The van der Waals surface area contributed by atoms with Crippen molar-refractivity contribution < 1.29 is 19.4 Å². The van der Waals surface area contributed by atoms with Crippen molar-refractivity contribution in [1.29, 1.82) is 0 Å². The molecule has 1 aliphatic rings. The zero-order valence-corrected chi connectivity index (χ0v) is 17.4. The molecule has 5 nitrogen and oxygen atoms in total. The standard InChI is InChI=1S/C24H23NO4S/c1-2-15-11-12-22(30-15)21(13-23(26)27)25-24(28)29-14-20-18-9-5-3-7-16(18)17-8-4-6-10-19(17)20/h3-12,20-21H,2,13-14H2,1H3,(H,25,28)(H,26,27)/t21-/m1/s1. The fourth-order valence-electron chi connectivity index (χ4n) is 3.95. The predicted molar refractivity (Wildman–Crippen MR) is 117 cm³/mol. The molecule has 4 rings (SSSR count). The van der Waals surface area contributed by atoms with E-state index in [1.54, 1.807) is 0 Å². The number of aryl methyl sites for hydroxylation is 1. The minimum atomic E-state index is -0.967. The van der Waals surface area contributed by atoms with Crippen LogP contribution in [0.15, 0.2) is 60.7 Å². The van der Waals surface area contributed by atoms with Crippen LogP contribution in [0.3, 0.4) is 0 Å². The molecule has 1 amide bonds. The number of carboxylic acids is 1. The quantitative estimate of drug-likeness (QED) is 0.538. The van der Waals surface area contributed by atoms with Gasteiger partial charge in [-0.2, -0.15) is 0 Å². The molecule has 0 unspecified atom stereocenters. The Labute approximate surface area is 179 Å². The molecule has 0 bridgehead atoms. The lowest BCUT2D eigenvalue weighted by Crippen LogP contribution is -2.31. The summed E-state index contributed by atoms with van der Waals surface area (Å²) >= 11 is 1.52. The summed E-state index contributed by atoms with van der Waals surface area (Å²) in [6.07, 6.45) is 0.0815. The summed E-state index contributed by atoms with van der Waals surface area (Å²) < 4.78 is 5.57. The molecule has 3 aromatic rings. The van der Waals surface area contributed by atoms with Crippen LogP contribution in [0.25, 0.3) is 11.1 Å². The van der Waals surface area contributed by atoms with Gasteiger partial charge in [-0.1, -0.05) is 55.5 Å². The van der Waals surface area contributed by atoms with Gasteiger partial charge in [0, 0.05) is 15.7 Å². The van der Waals surface area contributed by atoms with E-state index in [1.807, 2.05) is 43.3 Å². The topological polar surface area (TPSA) is 75.6 Å². The molecule has 0 radical (unpaired) electrons. The zero-order valence-electron chi connectivity index (χ0n) is 16.6. The van der Waals surface area contributed by atoms with E-state index >= 15 is 0 Å². The van der Waals surface area contributed by atoms with E-state index in [9.17, 15) is 14.7 Å². The SMILES string of the molecule is CCc1ccc([C@@H](CC(=O)O)NC(=O)OCC2c3ccccc3-c3ccccc32)s1. The summed E-state index contributed by atoms with van der Waals surface area (Å²) in [5.74, 6) is -1.00. The minimum absolute atomic E-state index is 0.0329. The van der Waals surface area contributed by atoms with Crippen molar-refractivity contribution in [1.82, 2.24) is 5.32 Å². The Morgan fingerprint density at radius 3 is 2.23 bits per heavy atom. The fourth-order valence-corrected chi connectivity index (χ4v) is 4.96. The van der Waals surface area contributed by atoms with Crippen LogP contribution >= 0.6 is 11.3 Å². The number of ether oxygens (including phenoxy) is 1. The number of hydrogen-bond donors (Lipinski definition) is 2. The maximum Gasteiger partial charge on any atom is 0.407 e. The monoisotopic (exact) mass is 421 g/mol. The Bertz CT molecular complexity index is 1030. The van der Waals surface area contributed by atoms with Gasteiger partial charge in [0.1, 0.15) is 6.61 Å². The number of aliphatic carboxylic acids is 1. The molecular formula is C24H23NO4S. The van der Waals surface area contributed by atoms with Gasteiger partial charge in [-0.05, 0) is 40.8 Å². The molecule has 154 valence electrons.